The summed E-state index contributed by atoms with van der Waals surface area (Å²) in [7, 11) is 0. The molecule has 0 bridgehead atoms. The van der Waals surface area contributed by atoms with Crippen LogP contribution in [0.2, 0.25) is 5.02 Å². The lowest BCUT2D eigenvalue weighted by molar-refractivity contribution is -0.159. The summed E-state index contributed by atoms with van der Waals surface area (Å²) >= 11 is 5.82. The number of nitrogens with one attached hydrogen (secondary N) is 2. The zero-order chi connectivity index (χ0) is 28.7. The average molecular weight is 582 g/mol. The molecule has 4 heterocycles. The van der Waals surface area contributed by atoms with E-state index in [1.54, 1.807) is 13.0 Å². The van der Waals surface area contributed by atoms with Gasteiger partial charge in [-0.2, -0.15) is 23.3 Å². The van der Waals surface area contributed by atoms with Crippen LogP contribution in [0.4, 0.5) is 33.6 Å². The summed E-state index contributed by atoms with van der Waals surface area (Å²) in [6, 6.07) is 8.29. The molecule has 15 heteroatoms. The highest BCUT2D eigenvalue weighted by Crippen LogP contribution is 2.39. The van der Waals surface area contributed by atoms with E-state index in [2.05, 4.69) is 35.2 Å². The van der Waals surface area contributed by atoms with E-state index in [4.69, 9.17) is 11.6 Å². The van der Waals surface area contributed by atoms with Crippen LogP contribution in [0, 0.1) is 18.6 Å². The molecule has 0 spiro atoms. The highest BCUT2D eigenvalue weighted by Gasteiger charge is 2.45. The van der Waals surface area contributed by atoms with Crippen LogP contribution in [0.3, 0.4) is 0 Å². The zero-order valence-electron chi connectivity index (χ0n) is 20.8. The molecule has 1 saturated heterocycles. The quantitative estimate of drug-likeness (QED) is 0.285. The second-order valence-electron chi connectivity index (χ2n) is 9.47. The van der Waals surface area contributed by atoms with Crippen molar-refractivity contribution in [3.8, 4) is 0 Å². The molecule has 1 fully saturated rings. The van der Waals surface area contributed by atoms with E-state index < -0.39 is 35.0 Å². The largest absolute Gasteiger partial charge is 0.471 e. The third kappa shape index (κ3) is 5.48. The monoisotopic (exact) mass is 581 g/mol. The lowest BCUT2D eigenvalue weighted by Crippen LogP contribution is -2.47. The maximum Gasteiger partial charge on any atom is 0.471 e. The van der Waals surface area contributed by atoms with E-state index in [1.807, 2.05) is 0 Å². The molecule has 0 radical (unpaired) electrons. The molecule has 0 unspecified atom stereocenters. The van der Waals surface area contributed by atoms with Crippen LogP contribution in [-0.4, -0.2) is 49.2 Å². The predicted octanol–water partition coefficient (Wildman–Crippen LogP) is 5.61. The van der Waals surface area contributed by atoms with Gasteiger partial charge in [-0.25, -0.2) is 13.8 Å². The number of rotatable bonds is 6. The summed E-state index contributed by atoms with van der Waals surface area (Å²) in [5.74, 6) is -3.67. The maximum absolute atomic E-state index is 14.5. The van der Waals surface area contributed by atoms with Crippen molar-refractivity contribution in [2.75, 3.05) is 18.4 Å². The van der Waals surface area contributed by atoms with Gasteiger partial charge >= 0.3 is 12.1 Å². The van der Waals surface area contributed by atoms with Crippen molar-refractivity contribution in [2.45, 2.75) is 37.8 Å². The molecule has 0 atom stereocenters. The number of amides is 1. The Labute approximate surface area is 228 Å². The SMILES string of the molecule is Cc1cc(Nc2nc(CC3(c4noc(C(F)(F)F)n4)CCN(C(=O)c4cccc(Cl)c4F)CC3)ccc2F)n[nH]1. The Balaban J connectivity index is 1.44. The molecule has 210 valence electrons. The van der Waals surface area contributed by atoms with Crippen LogP contribution in [0.5, 0.6) is 0 Å². The first-order valence-electron chi connectivity index (χ1n) is 12.0. The highest BCUT2D eigenvalue weighted by atomic mass is 35.5. The van der Waals surface area contributed by atoms with Gasteiger partial charge in [-0.15, -0.1) is 0 Å². The number of likely N-dealkylation sites (tertiary alicyclic amines) is 1. The van der Waals surface area contributed by atoms with Crippen molar-refractivity contribution < 1.29 is 31.3 Å². The number of halogens is 6. The lowest BCUT2D eigenvalue weighted by Gasteiger charge is -2.40. The number of carbonyl (C=O) groups excluding carboxylic acids is 1. The van der Waals surface area contributed by atoms with Gasteiger partial charge in [0.05, 0.1) is 10.6 Å². The molecule has 40 heavy (non-hydrogen) atoms. The first-order valence-corrected chi connectivity index (χ1v) is 12.4. The number of pyridine rings is 1. The van der Waals surface area contributed by atoms with Gasteiger partial charge in [0.1, 0.15) is 0 Å². The molecule has 3 aromatic heterocycles. The number of H-pyrrole nitrogens is 1. The molecule has 0 saturated carbocycles. The Morgan fingerprint density at radius 3 is 2.58 bits per heavy atom. The van der Waals surface area contributed by atoms with Crippen LogP contribution in [0.25, 0.3) is 0 Å². The summed E-state index contributed by atoms with van der Waals surface area (Å²) in [5.41, 5.74) is -0.310. The van der Waals surface area contributed by atoms with Gasteiger partial charge in [-0.05, 0) is 44.0 Å². The molecular formula is C25H21ClF5N7O2. The molecule has 1 aliphatic rings. The topological polar surface area (TPSA) is 113 Å². The van der Waals surface area contributed by atoms with Gasteiger partial charge in [-0.1, -0.05) is 22.8 Å². The first kappa shape index (κ1) is 27.5. The summed E-state index contributed by atoms with van der Waals surface area (Å²) in [6.07, 6.45) is -4.66. The van der Waals surface area contributed by atoms with E-state index in [-0.39, 0.29) is 54.6 Å². The number of aromatic amines is 1. The third-order valence-electron chi connectivity index (χ3n) is 6.71. The molecular weight excluding hydrogens is 561 g/mol. The smallest absolute Gasteiger partial charge is 0.338 e. The van der Waals surface area contributed by atoms with Crippen molar-refractivity contribution in [3.63, 3.8) is 0 Å². The van der Waals surface area contributed by atoms with Crippen LogP contribution in [0.1, 0.15) is 46.3 Å². The van der Waals surface area contributed by atoms with Crippen LogP contribution < -0.4 is 5.32 Å². The summed E-state index contributed by atoms with van der Waals surface area (Å²) in [5, 5.41) is 12.9. The van der Waals surface area contributed by atoms with E-state index in [0.29, 0.717) is 11.5 Å². The van der Waals surface area contributed by atoms with Gasteiger partial charge in [0.2, 0.25) is 0 Å². The second kappa shape index (κ2) is 10.5. The predicted molar refractivity (Wildman–Crippen MR) is 132 cm³/mol. The van der Waals surface area contributed by atoms with Crippen molar-refractivity contribution in [2.24, 2.45) is 0 Å². The minimum Gasteiger partial charge on any atom is -0.338 e. The maximum atomic E-state index is 14.5. The molecule has 4 aromatic rings. The van der Waals surface area contributed by atoms with Gasteiger partial charge in [0, 0.05) is 42.4 Å². The normalized spacial score (nSPS) is 15.3. The van der Waals surface area contributed by atoms with Crippen molar-refractivity contribution >= 4 is 29.1 Å². The number of hydrogen-bond acceptors (Lipinski definition) is 7. The minimum absolute atomic E-state index is 0.00589. The van der Waals surface area contributed by atoms with Crippen molar-refractivity contribution in [1.29, 1.82) is 0 Å². The molecule has 0 aliphatic carbocycles. The van der Waals surface area contributed by atoms with E-state index >= 15 is 0 Å². The Morgan fingerprint density at radius 2 is 1.93 bits per heavy atom. The summed E-state index contributed by atoms with van der Waals surface area (Å²) in [6.45, 7) is 1.85. The zero-order valence-corrected chi connectivity index (χ0v) is 21.6. The highest BCUT2D eigenvalue weighted by molar-refractivity contribution is 6.31. The number of alkyl halides is 3. The molecule has 9 nitrogen and oxygen atoms in total. The number of nitrogens with zero attached hydrogens (tertiary/aromatic N) is 5. The Morgan fingerprint density at radius 1 is 1.18 bits per heavy atom. The Kier molecular flexibility index (Phi) is 7.21. The first-order chi connectivity index (χ1) is 18.9. The number of piperidine rings is 1. The van der Waals surface area contributed by atoms with E-state index in [1.165, 1.54) is 35.2 Å². The fourth-order valence-corrected chi connectivity index (χ4v) is 4.80. The summed E-state index contributed by atoms with van der Waals surface area (Å²) < 4.78 is 73.4. The Bertz CT molecular complexity index is 1550. The number of aromatic nitrogens is 5. The molecule has 1 amide bonds. The minimum atomic E-state index is -4.86. The summed E-state index contributed by atoms with van der Waals surface area (Å²) in [4.78, 5) is 22.4. The molecule has 1 aliphatic heterocycles. The van der Waals surface area contributed by atoms with E-state index in [9.17, 15) is 26.7 Å². The Hall–Kier alpha value is -4.07. The third-order valence-corrected chi connectivity index (χ3v) is 7.00. The van der Waals surface area contributed by atoms with E-state index in [0.717, 1.165) is 5.69 Å². The fraction of sp³-hybridized carbons (Fsp3) is 0.320. The van der Waals surface area contributed by atoms with Gasteiger partial charge in [0.25, 0.3) is 5.91 Å². The molecule has 1 aromatic carbocycles. The van der Waals surface area contributed by atoms with Crippen LogP contribution in [0.15, 0.2) is 40.9 Å². The number of benzene rings is 1. The van der Waals surface area contributed by atoms with Crippen LogP contribution in [-0.2, 0) is 18.0 Å². The number of aryl methyl sites for hydroxylation is 1. The van der Waals surface area contributed by atoms with Crippen molar-refractivity contribution in [3.05, 3.63) is 81.7 Å². The molecule has 5 rings (SSSR count). The van der Waals surface area contributed by atoms with Gasteiger partial charge in [0.15, 0.2) is 29.1 Å². The van der Waals surface area contributed by atoms with Gasteiger partial charge in [-0.3, -0.25) is 9.89 Å². The lowest BCUT2D eigenvalue weighted by atomic mass is 9.74. The van der Waals surface area contributed by atoms with Crippen molar-refractivity contribution in [1.82, 2.24) is 30.2 Å². The van der Waals surface area contributed by atoms with Crippen LogP contribution >= 0.6 is 11.6 Å². The number of hydrogen-bond donors (Lipinski definition) is 2. The fourth-order valence-electron chi connectivity index (χ4n) is 4.63. The number of carbonyl (C=O) groups is 1. The molecule has 2 N–H and O–H groups in total. The standard InChI is InChI=1S/C25H21ClF5N7O2/c1-13-11-18(36-35-13)33-20-17(27)6-5-14(32-20)12-24(22-34-23(40-37-22)25(29,30)31)7-9-38(10-8-24)21(39)15-3-2-4-16(26)19(15)28/h2-6,11H,7-10,12H2,1H3,(H2,32,33,35,36). The second-order valence-corrected chi connectivity index (χ2v) is 9.87. The van der Waals surface area contributed by atoms with Gasteiger partial charge < -0.3 is 14.7 Å². The average Bonchev–Trinajstić information content (AvgIpc) is 3.58. The number of anilines is 2.